The van der Waals surface area contributed by atoms with Gasteiger partial charge >= 0.3 is 0 Å². The number of sulfonamides is 1. The molecule has 0 unspecified atom stereocenters. The van der Waals surface area contributed by atoms with E-state index in [1.807, 2.05) is 20.8 Å². The molecule has 1 amide bonds. The molecule has 0 aromatic heterocycles. The number of amides is 1. The van der Waals surface area contributed by atoms with E-state index < -0.39 is 21.7 Å². The summed E-state index contributed by atoms with van der Waals surface area (Å²) in [6.07, 6.45) is 0. The number of halogens is 1. The Hall–Kier alpha value is -3.39. The van der Waals surface area contributed by atoms with E-state index in [1.54, 1.807) is 12.1 Å². The Morgan fingerprint density at radius 1 is 0.935 bits per heavy atom. The second kappa shape index (κ2) is 8.39. The van der Waals surface area contributed by atoms with Gasteiger partial charge in [-0.05, 0) is 59.5 Å². The first-order valence-electron chi connectivity index (χ1n) is 9.50. The molecule has 31 heavy (non-hydrogen) atoms. The van der Waals surface area contributed by atoms with Crippen molar-refractivity contribution in [3.63, 3.8) is 0 Å². The van der Waals surface area contributed by atoms with Crippen molar-refractivity contribution in [1.82, 2.24) is 0 Å². The van der Waals surface area contributed by atoms with Crippen LogP contribution in [0.25, 0.3) is 0 Å². The summed E-state index contributed by atoms with van der Waals surface area (Å²) < 4.78 is 40.9. The molecule has 0 heterocycles. The molecular formula is C23H23FN2O4S. The molecule has 6 nitrogen and oxygen atoms in total. The lowest BCUT2D eigenvalue weighted by molar-refractivity contribution is 0.102. The molecule has 0 atom stereocenters. The summed E-state index contributed by atoms with van der Waals surface area (Å²) in [4.78, 5) is 12.5. The molecule has 3 N–H and O–H groups in total. The molecule has 0 spiro atoms. The topological polar surface area (TPSA) is 95.5 Å². The maximum Gasteiger partial charge on any atom is 0.261 e. The quantitative estimate of drug-likeness (QED) is 0.491. The van der Waals surface area contributed by atoms with Crippen LogP contribution in [0, 0.1) is 5.82 Å². The molecule has 0 aliphatic heterocycles. The molecule has 3 aromatic rings. The number of carbonyl (C=O) groups excluding carboxylic acids is 1. The van der Waals surface area contributed by atoms with Gasteiger partial charge in [-0.25, -0.2) is 12.8 Å². The van der Waals surface area contributed by atoms with Crippen molar-refractivity contribution >= 4 is 27.3 Å². The second-order valence-electron chi connectivity index (χ2n) is 8.05. The van der Waals surface area contributed by atoms with Gasteiger partial charge in [0.2, 0.25) is 0 Å². The highest BCUT2D eigenvalue weighted by Gasteiger charge is 2.19. The number of nitrogens with one attached hydrogen (secondary N) is 2. The van der Waals surface area contributed by atoms with E-state index in [9.17, 15) is 22.7 Å². The molecule has 8 heteroatoms. The fraction of sp³-hybridized carbons (Fsp3) is 0.174. The minimum Gasteiger partial charge on any atom is -0.506 e. The number of para-hydroxylation sites is 1. The van der Waals surface area contributed by atoms with Gasteiger partial charge in [-0.15, -0.1) is 0 Å². The molecule has 0 saturated carbocycles. The van der Waals surface area contributed by atoms with E-state index >= 15 is 0 Å². The number of aromatic hydroxyl groups is 1. The second-order valence-corrected chi connectivity index (χ2v) is 9.73. The Balaban J connectivity index is 1.79. The van der Waals surface area contributed by atoms with Gasteiger partial charge in [0, 0.05) is 5.56 Å². The number of benzene rings is 3. The summed E-state index contributed by atoms with van der Waals surface area (Å²) in [5.41, 5.74) is 1.05. The van der Waals surface area contributed by atoms with Crippen molar-refractivity contribution in [2.75, 3.05) is 10.0 Å². The standard InChI is InChI=1S/C23H23FN2O4S/c1-23(2,3)16-10-13-21(27)20(14-16)25-22(28)15-8-11-17(12-9-15)31(29,30)26-19-7-5-4-6-18(19)24/h4-14,26-27H,1-3H3,(H,25,28). The maximum atomic E-state index is 13.7. The summed E-state index contributed by atoms with van der Waals surface area (Å²) in [6, 6.07) is 15.6. The number of phenolic OH excluding ortho intramolecular Hbond substituents is 1. The number of phenols is 1. The molecular weight excluding hydrogens is 419 g/mol. The van der Waals surface area contributed by atoms with Crippen LogP contribution in [0.15, 0.2) is 71.6 Å². The lowest BCUT2D eigenvalue weighted by Crippen LogP contribution is -2.16. The van der Waals surface area contributed by atoms with Gasteiger partial charge in [-0.1, -0.05) is 39.0 Å². The average molecular weight is 443 g/mol. The Bertz CT molecular complexity index is 1220. The van der Waals surface area contributed by atoms with Crippen molar-refractivity contribution in [1.29, 1.82) is 0 Å². The van der Waals surface area contributed by atoms with Crippen molar-refractivity contribution < 1.29 is 22.7 Å². The zero-order valence-corrected chi connectivity index (χ0v) is 18.1. The van der Waals surface area contributed by atoms with Crippen molar-refractivity contribution in [2.45, 2.75) is 31.1 Å². The first-order valence-corrected chi connectivity index (χ1v) is 11.0. The van der Waals surface area contributed by atoms with Crippen LogP contribution in [0.5, 0.6) is 5.75 Å². The lowest BCUT2D eigenvalue weighted by Gasteiger charge is -2.20. The Morgan fingerprint density at radius 3 is 2.19 bits per heavy atom. The molecule has 3 aromatic carbocycles. The fourth-order valence-corrected chi connectivity index (χ4v) is 3.90. The van der Waals surface area contributed by atoms with Crippen LogP contribution in [0.2, 0.25) is 0 Å². The summed E-state index contributed by atoms with van der Waals surface area (Å²) in [5.74, 6) is -1.28. The number of hydrogen-bond acceptors (Lipinski definition) is 4. The Morgan fingerprint density at radius 2 is 1.58 bits per heavy atom. The smallest absolute Gasteiger partial charge is 0.261 e. The van der Waals surface area contributed by atoms with Crippen LogP contribution < -0.4 is 10.0 Å². The summed E-state index contributed by atoms with van der Waals surface area (Å²) >= 11 is 0. The van der Waals surface area contributed by atoms with E-state index in [0.29, 0.717) is 0 Å². The predicted octanol–water partition coefficient (Wildman–Crippen LogP) is 4.88. The van der Waals surface area contributed by atoms with E-state index in [2.05, 4.69) is 10.0 Å². The van der Waals surface area contributed by atoms with E-state index in [0.717, 1.165) is 11.6 Å². The van der Waals surface area contributed by atoms with Crippen molar-refractivity contribution in [3.05, 3.63) is 83.7 Å². The summed E-state index contributed by atoms with van der Waals surface area (Å²) in [5, 5.41) is 12.7. The lowest BCUT2D eigenvalue weighted by atomic mass is 9.87. The molecule has 0 saturated heterocycles. The van der Waals surface area contributed by atoms with Gasteiger partial charge in [0.15, 0.2) is 0 Å². The van der Waals surface area contributed by atoms with Crippen LogP contribution in [0.4, 0.5) is 15.8 Å². The average Bonchev–Trinajstić information content (AvgIpc) is 2.70. The zero-order chi connectivity index (χ0) is 22.8. The summed E-state index contributed by atoms with van der Waals surface area (Å²) in [7, 11) is -4.03. The largest absolute Gasteiger partial charge is 0.506 e. The van der Waals surface area contributed by atoms with Gasteiger partial charge in [0.25, 0.3) is 15.9 Å². The highest BCUT2D eigenvalue weighted by Crippen LogP contribution is 2.31. The van der Waals surface area contributed by atoms with Crippen LogP contribution in [0.1, 0.15) is 36.7 Å². The van der Waals surface area contributed by atoms with Crippen molar-refractivity contribution in [3.8, 4) is 5.75 Å². The van der Waals surface area contributed by atoms with Gasteiger partial charge < -0.3 is 10.4 Å². The van der Waals surface area contributed by atoms with Gasteiger partial charge in [-0.3, -0.25) is 9.52 Å². The maximum absolute atomic E-state index is 13.7. The normalized spacial score (nSPS) is 11.7. The minimum absolute atomic E-state index is 0.0744. The van der Waals surface area contributed by atoms with Crippen LogP contribution in [-0.4, -0.2) is 19.4 Å². The predicted molar refractivity (Wildman–Crippen MR) is 118 cm³/mol. The van der Waals surface area contributed by atoms with Gasteiger partial charge in [0.05, 0.1) is 16.3 Å². The number of rotatable bonds is 5. The first kappa shape index (κ1) is 22.3. The third-order valence-corrected chi connectivity index (χ3v) is 6.04. The van der Waals surface area contributed by atoms with Crippen LogP contribution in [0.3, 0.4) is 0 Å². The molecule has 0 aliphatic rings. The van der Waals surface area contributed by atoms with Crippen LogP contribution >= 0.6 is 0 Å². The number of anilines is 2. The van der Waals surface area contributed by atoms with E-state index in [1.165, 1.54) is 48.5 Å². The van der Waals surface area contributed by atoms with E-state index in [-0.39, 0.29) is 33.0 Å². The molecule has 0 radical (unpaired) electrons. The van der Waals surface area contributed by atoms with Gasteiger partial charge in [0.1, 0.15) is 11.6 Å². The minimum atomic E-state index is -4.03. The molecule has 0 bridgehead atoms. The fourth-order valence-electron chi connectivity index (χ4n) is 2.83. The molecule has 0 fully saturated rings. The third-order valence-electron chi connectivity index (χ3n) is 4.66. The Labute approximate surface area is 180 Å². The number of carbonyl (C=O) groups is 1. The highest BCUT2D eigenvalue weighted by atomic mass is 32.2. The highest BCUT2D eigenvalue weighted by molar-refractivity contribution is 7.92. The number of hydrogen-bond donors (Lipinski definition) is 3. The van der Waals surface area contributed by atoms with Crippen molar-refractivity contribution in [2.24, 2.45) is 0 Å². The zero-order valence-electron chi connectivity index (χ0n) is 17.3. The molecule has 0 aliphatic carbocycles. The van der Waals surface area contributed by atoms with E-state index in [4.69, 9.17) is 0 Å². The first-order chi connectivity index (χ1) is 14.5. The SMILES string of the molecule is CC(C)(C)c1ccc(O)c(NC(=O)c2ccc(S(=O)(=O)Nc3ccccc3F)cc2)c1. The Kier molecular flexibility index (Phi) is 6.03. The monoisotopic (exact) mass is 442 g/mol. The summed E-state index contributed by atoms with van der Waals surface area (Å²) in [6.45, 7) is 6.04. The molecule has 162 valence electrons. The van der Waals surface area contributed by atoms with Crippen LogP contribution in [-0.2, 0) is 15.4 Å². The molecule has 3 rings (SSSR count). The van der Waals surface area contributed by atoms with Gasteiger partial charge in [-0.2, -0.15) is 0 Å². The third kappa shape index (κ3) is 5.21.